The van der Waals surface area contributed by atoms with E-state index in [1.54, 1.807) is 0 Å². The lowest BCUT2D eigenvalue weighted by molar-refractivity contribution is 0.0699. The maximum atomic E-state index is 13.9. The van der Waals surface area contributed by atoms with Crippen LogP contribution < -0.4 is 9.47 Å². The third-order valence-electron chi connectivity index (χ3n) is 9.11. The van der Waals surface area contributed by atoms with E-state index in [9.17, 15) is 23.4 Å². The van der Waals surface area contributed by atoms with Gasteiger partial charge >= 0.3 is 0 Å². The summed E-state index contributed by atoms with van der Waals surface area (Å²) in [5.74, 6) is -2.89. The van der Waals surface area contributed by atoms with Crippen molar-refractivity contribution in [3.63, 3.8) is 0 Å². The van der Waals surface area contributed by atoms with E-state index in [4.69, 9.17) is 9.47 Å². The predicted molar refractivity (Wildman–Crippen MR) is 196 cm³/mol. The third kappa shape index (κ3) is 11.0. The van der Waals surface area contributed by atoms with Crippen molar-refractivity contribution in [3.05, 3.63) is 143 Å². The molecule has 2 unspecified atom stereocenters. The van der Waals surface area contributed by atoms with Crippen molar-refractivity contribution in [2.75, 3.05) is 52.5 Å². The predicted octanol–water partition coefficient (Wildman–Crippen LogP) is 7.47. The molecule has 2 aliphatic rings. The molecule has 0 aromatic heterocycles. The molecule has 2 atom stereocenters. The number of β-amino-alcohol motifs (C(OH)–C–C–N with tert-alkyl or cyclic N) is 2. The van der Waals surface area contributed by atoms with Crippen molar-refractivity contribution in [1.29, 1.82) is 0 Å². The number of benzene rings is 4. The van der Waals surface area contributed by atoms with Gasteiger partial charge < -0.3 is 19.7 Å². The normalized spacial score (nSPS) is 16.3. The molecule has 0 bridgehead atoms. The van der Waals surface area contributed by atoms with Crippen LogP contribution in [0.3, 0.4) is 0 Å². The molecule has 0 aliphatic carbocycles. The standard InChI is InChI=1S/C21H22F3NO2.C21H25NO2/c1-14-20(23)18(22)11-19(21(14)24)27-13-17(26)12-25-9-7-16(8-10-25)15-5-3-2-4-6-15;1-17-7-5-6-10-21(17)24-16-20(23)15-22-13-11-19(12-14-22)18-8-3-2-4-9-18/h2-7,11,17,26H,8-10,12-13H2,1H3;2-11,20,23H,12-16H2,1H3. The molecule has 51 heavy (non-hydrogen) atoms. The van der Waals surface area contributed by atoms with Gasteiger partial charge in [-0.3, -0.25) is 9.80 Å². The number of nitrogens with zero attached hydrogens (tertiary/aromatic N) is 2. The van der Waals surface area contributed by atoms with Crippen molar-refractivity contribution in [1.82, 2.24) is 9.80 Å². The smallest absolute Gasteiger partial charge is 0.171 e. The van der Waals surface area contributed by atoms with Crippen LogP contribution in [-0.4, -0.2) is 84.7 Å². The van der Waals surface area contributed by atoms with Gasteiger partial charge in [0.25, 0.3) is 0 Å². The van der Waals surface area contributed by atoms with E-state index in [-0.39, 0.29) is 6.61 Å². The van der Waals surface area contributed by atoms with Crippen molar-refractivity contribution in [3.8, 4) is 11.5 Å². The number of hydrogen-bond donors (Lipinski definition) is 2. The van der Waals surface area contributed by atoms with Crippen LogP contribution >= 0.6 is 0 Å². The molecular formula is C42H47F3N2O4. The Morgan fingerprint density at radius 1 is 0.627 bits per heavy atom. The molecule has 0 saturated heterocycles. The average Bonchev–Trinajstić information content (AvgIpc) is 3.16. The number of halogens is 3. The Kier molecular flexibility index (Phi) is 13.9. The zero-order chi connectivity index (χ0) is 36.2. The van der Waals surface area contributed by atoms with Crippen LogP contribution in [0.15, 0.2) is 103 Å². The minimum Gasteiger partial charge on any atom is -0.491 e. The van der Waals surface area contributed by atoms with Gasteiger partial charge in [-0.05, 0) is 60.6 Å². The number of rotatable bonds is 12. The van der Waals surface area contributed by atoms with Gasteiger partial charge in [0.05, 0.1) is 0 Å². The number of aliphatic hydroxyl groups is 2. The Labute approximate surface area is 299 Å². The fraction of sp³-hybridized carbons (Fsp3) is 0.333. The Hall–Kier alpha value is -4.41. The number of ether oxygens (including phenoxy) is 2. The summed E-state index contributed by atoms with van der Waals surface area (Å²) in [6.07, 6.45) is 4.95. The van der Waals surface area contributed by atoms with Crippen molar-refractivity contribution < 1.29 is 32.9 Å². The van der Waals surface area contributed by atoms with E-state index in [2.05, 4.69) is 58.4 Å². The molecular weight excluding hydrogens is 653 g/mol. The highest BCUT2D eigenvalue weighted by molar-refractivity contribution is 5.67. The molecule has 4 aromatic rings. The maximum Gasteiger partial charge on any atom is 0.171 e. The number of para-hydroxylation sites is 1. The highest BCUT2D eigenvalue weighted by atomic mass is 19.2. The molecule has 270 valence electrons. The third-order valence-corrected chi connectivity index (χ3v) is 9.11. The van der Waals surface area contributed by atoms with Crippen molar-refractivity contribution in [2.45, 2.75) is 38.9 Å². The fourth-order valence-corrected chi connectivity index (χ4v) is 6.18. The molecule has 9 heteroatoms. The number of aliphatic hydroxyl groups excluding tert-OH is 2. The summed E-state index contributed by atoms with van der Waals surface area (Å²) in [5, 5.41) is 20.4. The second kappa shape index (κ2) is 18.7. The van der Waals surface area contributed by atoms with Crippen LogP contribution in [0.1, 0.15) is 35.1 Å². The van der Waals surface area contributed by atoms with E-state index < -0.39 is 41.0 Å². The highest BCUT2D eigenvalue weighted by Crippen LogP contribution is 2.26. The average molecular weight is 701 g/mol. The van der Waals surface area contributed by atoms with Crippen LogP contribution in [0, 0.1) is 31.3 Å². The highest BCUT2D eigenvalue weighted by Gasteiger charge is 2.20. The van der Waals surface area contributed by atoms with Gasteiger partial charge in [0, 0.05) is 50.9 Å². The lowest BCUT2D eigenvalue weighted by atomic mass is 9.99. The quantitative estimate of drug-likeness (QED) is 0.150. The molecule has 0 fully saturated rings. The molecule has 0 saturated carbocycles. The molecule has 0 spiro atoms. The Morgan fingerprint density at radius 3 is 1.57 bits per heavy atom. The van der Waals surface area contributed by atoms with E-state index in [0.29, 0.717) is 32.3 Å². The lowest BCUT2D eigenvalue weighted by Crippen LogP contribution is -2.38. The Bertz CT molecular complexity index is 1770. The molecule has 2 N–H and O–H groups in total. The molecule has 4 aromatic carbocycles. The zero-order valence-corrected chi connectivity index (χ0v) is 29.3. The second-order valence-corrected chi connectivity index (χ2v) is 13.0. The van der Waals surface area contributed by atoms with Crippen molar-refractivity contribution in [2.24, 2.45) is 0 Å². The number of hydrogen-bond acceptors (Lipinski definition) is 6. The van der Waals surface area contributed by atoms with E-state index in [0.717, 1.165) is 50.7 Å². The Balaban J connectivity index is 0.000000199. The molecule has 2 heterocycles. The molecule has 2 aliphatic heterocycles. The monoisotopic (exact) mass is 700 g/mol. The minimum atomic E-state index is -1.23. The maximum absolute atomic E-state index is 13.9. The zero-order valence-electron chi connectivity index (χ0n) is 29.3. The van der Waals surface area contributed by atoms with Gasteiger partial charge in [0.2, 0.25) is 0 Å². The molecule has 6 nitrogen and oxygen atoms in total. The molecule has 0 radical (unpaired) electrons. The summed E-state index contributed by atoms with van der Waals surface area (Å²) < 4.78 is 51.5. The van der Waals surface area contributed by atoms with Crippen LogP contribution in [0.5, 0.6) is 11.5 Å². The number of aryl methyl sites for hydroxylation is 1. The van der Waals surface area contributed by atoms with Crippen LogP contribution in [-0.2, 0) is 0 Å². The van der Waals surface area contributed by atoms with Crippen LogP contribution in [0.2, 0.25) is 0 Å². The first kappa shape index (κ1) is 37.8. The van der Waals surface area contributed by atoms with Gasteiger partial charge in [-0.15, -0.1) is 0 Å². The van der Waals surface area contributed by atoms with Gasteiger partial charge in [0.1, 0.15) is 31.2 Å². The van der Waals surface area contributed by atoms with Crippen molar-refractivity contribution >= 4 is 11.1 Å². The summed E-state index contributed by atoms with van der Waals surface area (Å²) >= 11 is 0. The van der Waals surface area contributed by atoms with E-state index in [1.165, 1.54) is 22.3 Å². The summed E-state index contributed by atoms with van der Waals surface area (Å²) in [4.78, 5) is 4.34. The first-order valence-corrected chi connectivity index (χ1v) is 17.4. The first-order valence-electron chi connectivity index (χ1n) is 17.4. The van der Waals surface area contributed by atoms with Gasteiger partial charge in [-0.2, -0.15) is 0 Å². The summed E-state index contributed by atoms with van der Waals surface area (Å²) in [6, 6.07) is 29.2. The van der Waals surface area contributed by atoms with E-state index in [1.807, 2.05) is 55.5 Å². The summed E-state index contributed by atoms with van der Waals surface area (Å²) in [5.41, 5.74) is 5.84. The van der Waals surface area contributed by atoms with Gasteiger partial charge in [0.15, 0.2) is 23.2 Å². The largest absolute Gasteiger partial charge is 0.491 e. The van der Waals surface area contributed by atoms with Gasteiger partial charge in [-0.1, -0.05) is 91.0 Å². The molecule has 0 amide bonds. The summed E-state index contributed by atoms with van der Waals surface area (Å²) in [6.45, 7) is 7.62. The Morgan fingerprint density at radius 2 is 1.10 bits per heavy atom. The van der Waals surface area contributed by atoms with Gasteiger partial charge in [-0.25, -0.2) is 13.2 Å². The second-order valence-electron chi connectivity index (χ2n) is 13.0. The minimum absolute atomic E-state index is 0.201. The van der Waals surface area contributed by atoms with Crippen LogP contribution in [0.25, 0.3) is 11.1 Å². The van der Waals surface area contributed by atoms with E-state index >= 15 is 0 Å². The van der Waals surface area contributed by atoms with Crippen LogP contribution in [0.4, 0.5) is 13.2 Å². The topological polar surface area (TPSA) is 65.4 Å². The SMILES string of the molecule is Cc1c(F)c(F)cc(OCC(O)CN2CC=C(c3ccccc3)CC2)c1F.Cc1ccccc1OCC(O)CN1CC=C(c2ccccc2)CC1. The molecule has 6 rings (SSSR count). The first-order chi connectivity index (χ1) is 24.7. The summed E-state index contributed by atoms with van der Waals surface area (Å²) in [7, 11) is 0. The fourth-order valence-electron chi connectivity index (χ4n) is 6.18. The lowest BCUT2D eigenvalue weighted by Gasteiger charge is -2.28.